The number of rotatable bonds is 4. The van der Waals surface area contributed by atoms with Crippen molar-refractivity contribution in [1.29, 1.82) is 0 Å². The average molecular weight is 272 g/mol. The van der Waals surface area contributed by atoms with Crippen molar-refractivity contribution in [3.05, 3.63) is 0 Å². The molecule has 0 aliphatic heterocycles. The van der Waals surface area contributed by atoms with E-state index in [1.807, 2.05) is 0 Å². The fourth-order valence-corrected chi connectivity index (χ4v) is 0.787. The summed E-state index contributed by atoms with van der Waals surface area (Å²) < 4.78 is 54.4. The molecule has 0 amide bonds. The van der Waals surface area contributed by atoms with Crippen LogP contribution in [0.1, 0.15) is 0 Å². The maximum atomic E-state index is 11.4. The third kappa shape index (κ3) is 6.83. The molecular formula is C3H5BrF3NO3S. The molecule has 0 aromatic carbocycles. The van der Waals surface area contributed by atoms with E-state index < -0.39 is 27.5 Å². The standard InChI is InChI=1S/C3H5BrF3NO3S/c4-2-12(9,10)8-11-1-3(5,6)7/h8H,1-2H2. The van der Waals surface area contributed by atoms with E-state index in [1.54, 1.807) is 0 Å². The van der Waals surface area contributed by atoms with E-state index in [0.717, 1.165) is 0 Å². The zero-order valence-corrected chi connectivity index (χ0v) is 7.96. The van der Waals surface area contributed by atoms with Gasteiger partial charge in [-0.3, -0.25) is 4.84 Å². The van der Waals surface area contributed by atoms with Crippen molar-refractivity contribution in [3.8, 4) is 0 Å². The number of hydrogen-bond acceptors (Lipinski definition) is 3. The Kier molecular flexibility index (Phi) is 4.45. The highest BCUT2D eigenvalue weighted by molar-refractivity contribution is 9.10. The van der Waals surface area contributed by atoms with E-state index in [4.69, 9.17) is 0 Å². The van der Waals surface area contributed by atoms with Crippen molar-refractivity contribution < 1.29 is 26.4 Å². The molecule has 12 heavy (non-hydrogen) atoms. The summed E-state index contributed by atoms with van der Waals surface area (Å²) >= 11 is 2.54. The van der Waals surface area contributed by atoms with Crippen molar-refractivity contribution in [2.24, 2.45) is 0 Å². The van der Waals surface area contributed by atoms with Gasteiger partial charge < -0.3 is 0 Å². The molecule has 1 N–H and O–H groups in total. The summed E-state index contributed by atoms with van der Waals surface area (Å²) in [6, 6.07) is 0. The van der Waals surface area contributed by atoms with E-state index in [0.29, 0.717) is 0 Å². The van der Waals surface area contributed by atoms with Crippen LogP contribution in [0.3, 0.4) is 0 Å². The number of halogens is 4. The second-order valence-electron chi connectivity index (χ2n) is 1.71. The van der Waals surface area contributed by atoms with E-state index in [9.17, 15) is 21.6 Å². The Bertz CT molecular complexity index is 225. The van der Waals surface area contributed by atoms with Crippen LogP contribution in [0.25, 0.3) is 0 Å². The van der Waals surface area contributed by atoms with Crippen LogP contribution in [0, 0.1) is 0 Å². The molecule has 0 aromatic rings. The predicted molar refractivity (Wildman–Crippen MR) is 37.9 cm³/mol. The van der Waals surface area contributed by atoms with Crippen LogP contribution in [0.2, 0.25) is 0 Å². The quantitative estimate of drug-likeness (QED) is 0.607. The predicted octanol–water partition coefficient (Wildman–Crippen LogP) is 0.752. The second-order valence-corrected chi connectivity index (χ2v) is 4.70. The van der Waals surface area contributed by atoms with E-state index >= 15 is 0 Å². The Morgan fingerprint density at radius 3 is 2.25 bits per heavy atom. The molecule has 0 radical (unpaired) electrons. The lowest BCUT2D eigenvalue weighted by Gasteiger charge is -2.06. The largest absolute Gasteiger partial charge is 0.413 e. The first kappa shape index (κ1) is 12.1. The van der Waals surface area contributed by atoms with Gasteiger partial charge in [0.05, 0.1) is 0 Å². The fraction of sp³-hybridized carbons (Fsp3) is 1.00. The number of nitrogens with one attached hydrogen (secondary N) is 1. The number of sulfonamides is 1. The van der Waals surface area contributed by atoms with Crippen molar-refractivity contribution in [2.75, 3.05) is 11.3 Å². The SMILES string of the molecule is O=S(=O)(CBr)NOCC(F)(F)F. The third-order valence-corrected chi connectivity index (χ3v) is 3.03. The van der Waals surface area contributed by atoms with Crippen molar-refractivity contribution in [1.82, 2.24) is 4.89 Å². The van der Waals surface area contributed by atoms with Crippen LogP contribution in [0.15, 0.2) is 0 Å². The molecule has 9 heteroatoms. The topological polar surface area (TPSA) is 55.4 Å². The minimum atomic E-state index is -4.55. The van der Waals surface area contributed by atoms with E-state index in [2.05, 4.69) is 20.8 Å². The van der Waals surface area contributed by atoms with Gasteiger partial charge in [-0.05, 0) is 0 Å². The molecule has 0 aliphatic carbocycles. The summed E-state index contributed by atoms with van der Waals surface area (Å²) in [5, 5.41) is 0. The van der Waals surface area contributed by atoms with Crippen molar-refractivity contribution >= 4 is 26.0 Å². The van der Waals surface area contributed by atoms with Crippen LogP contribution in [0.5, 0.6) is 0 Å². The molecule has 0 bridgehead atoms. The van der Waals surface area contributed by atoms with Gasteiger partial charge in [-0.25, -0.2) is 8.42 Å². The van der Waals surface area contributed by atoms with Gasteiger partial charge in [0.2, 0.25) is 10.0 Å². The summed E-state index contributed by atoms with van der Waals surface area (Å²) in [6.07, 6.45) is -4.55. The minimum Gasteiger partial charge on any atom is -0.278 e. The first-order valence-electron chi connectivity index (χ1n) is 2.51. The smallest absolute Gasteiger partial charge is 0.278 e. The molecule has 0 unspecified atom stereocenters. The fourth-order valence-electron chi connectivity index (χ4n) is 0.223. The van der Waals surface area contributed by atoms with E-state index in [-0.39, 0.29) is 0 Å². The molecule has 4 nitrogen and oxygen atoms in total. The summed E-state index contributed by atoms with van der Waals surface area (Å²) in [5.41, 5.74) is 0. The molecule has 74 valence electrons. The van der Waals surface area contributed by atoms with Crippen LogP contribution < -0.4 is 4.89 Å². The summed E-state index contributed by atoms with van der Waals surface area (Å²) in [7, 11) is -3.80. The molecule has 0 rings (SSSR count). The lowest BCUT2D eigenvalue weighted by Crippen LogP contribution is -2.30. The Morgan fingerprint density at radius 2 is 1.92 bits per heavy atom. The van der Waals surface area contributed by atoms with Gasteiger partial charge >= 0.3 is 6.18 Å². The van der Waals surface area contributed by atoms with Crippen LogP contribution in [-0.2, 0) is 14.9 Å². The summed E-state index contributed by atoms with van der Waals surface area (Å²) in [6.45, 7) is -1.65. The van der Waals surface area contributed by atoms with Gasteiger partial charge in [0.1, 0.15) is 4.66 Å². The highest BCUT2D eigenvalue weighted by Crippen LogP contribution is 2.13. The normalized spacial score (nSPS) is 13.3. The first-order chi connectivity index (χ1) is 5.27. The maximum absolute atomic E-state index is 11.4. The molecule has 0 aromatic heterocycles. The molecule has 0 aliphatic rings. The Hall–Kier alpha value is 0.140. The second kappa shape index (κ2) is 4.40. The van der Waals surface area contributed by atoms with Crippen molar-refractivity contribution in [2.45, 2.75) is 6.18 Å². The Morgan fingerprint density at radius 1 is 1.42 bits per heavy atom. The molecule has 0 heterocycles. The molecule has 0 fully saturated rings. The molecule has 0 atom stereocenters. The third-order valence-electron chi connectivity index (χ3n) is 0.565. The van der Waals surface area contributed by atoms with Gasteiger partial charge in [-0.1, -0.05) is 20.8 Å². The zero-order valence-electron chi connectivity index (χ0n) is 5.56. The Labute approximate surface area is 75.2 Å². The number of alkyl halides is 4. The molecule has 0 saturated carbocycles. The van der Waals surface area contributed by atoms with E-state index in [1.165, 1.54) is 4.89 Å². The maximum Gasteiger partial charge on any atom is 0.413 e. The molecule has 0 spiro atoms. The van der Waals surface area contributed by atoms with Crippen molar-refractivity contribution in [3.63, 3.8) is 0 Å². The number of hydrogen-bond donors (Lipinski definition) is 1. The van der Waals surface area contributed by atoms with Crippen LogP contribution in [-0.4, -0.2) is 25.9 Å². The van der Waals surface area contributed by atoms with Crippen LogP contribution in [0.4, 0.5) is 13.2 Å². The lowest BCUT2D eigenvalue weighted by atomic mass is 10.7. The monoisotopic (exact) mass is 271 g/mol. The van der Waals surface area contributed by atoms with Gasteiger partial charge in [0.15, 0.2) is 6.61 Å². The minimum absolute atomic E-state index is 0.516. The van der Waals surface area contributed by atoms with Gasteiger partial charge in [-0.2, -0.15) is 13.2 Å². The lowest BCUT2D eigenvalue weighted by molar-refractivity contribution is -0.181. The molecular weight excluding hydrogens is 267 g/mol. The summed E-state index contributed by atoms with van der Waals surface area (Å²) in [4.78, 5) is 4.93. The molecule has 0 saturated heterocycles. The summed E-state index contributed by atoms with van der Waals surface area (Å²) in [5.74, 6) is 0. The van der Waals surface area contributed by atoms with Gasteiger partial charge in [-0.15, -0.1) is 0 Å². The average Bonchev–Trinajstić information content (AvgIpc) is 1.84. The highest BCUT2D eigenvalue weighted by Gasteiger charge is 2.28. The first-order valence-corrected chi connectivity index (χ1v) is 5.28. The Balaban J connectivity index is 3.73. The highest BCUT2D eigenvalue weighted by atomic mass is 79.9. The van der Waals surface area contributed by atoms with Gasteiger partial charge in [0.25, 0.3) is 0 Å². The van der Waals surface area contributed by atoms with Crippen LogP contribution >= 0.6 is 15.9 Å². The zero-order chi connectivity index (χ0) is 9.83. The van der Waals surface area contributed by atoms with Gasteiger partial charge in [0, 0.05) is 0 Å².